The van der Waals surface area contributed by atoms with Crippen molar-refractivity contribution in [3.8, 4) is 0 Å². The van der Waals surface area contributed by atoms with Gasteiger partial charge in [0.15, 0.2) is 0 Å². The van der Waals surface area contributed by atoms with Crippen LogP contribution in [0.1, 0.15) is 29.5 Å². The molecule has 0 saturated carbocycles. The normalized spacial score (nSPS) is 10.3. The maximum absolute atomic E-state index is 12.0. The van der Waals surface area contributed by atoms with E-state index in [1.165, 1.54) is 4.90 Å². The molecule has 0 spiro atoms. The number of aromatic nitrogens is 1. The Kier molecular flexibility index (Phi) is 5.37. The van der Waals surface area contributed by atoms with Crippen molar-refractivity contribution in [3.05, 3.63) is 17.5 Å². The molecule has 0 aliphatic rings. The molecule has 4 N–H and O–H groups in total. The number of urea groups is 1. The molecule has 0 radical (unpaired) electrons. The van der Waals surface area contributed by atoms with Crippen LogP contribution in [0.15, 0.2) is 6.07 Å². The highest BCUT2D eigenvalue weighted by Crippen LogP contribution is 2.17. The Hall–Kier alpha value is -2.02. The zero-order valence-corrected chi connectivity index (χ0v) is 11.1. The molecule has 0 saturated heterocycles. The summed E-state index contributed by atoms with van der Waals surface area (Å²) in [5, 5.41) is 20.5. The largest absolute Gasteiger partial charge is 0.477 e. The number of aliphatic hydroxyl groups is 1. The van der Waals surface area contributed by atoms with Crippen LogP contribution in [0.25, 0.3) is 0 Å². The lowest BCUT2D eigenvalue weighted by Crippen LogP contribution is -2.37. The number of amides is 2. The number of anilines is 1. The zero-order chi connectivity index (χ0) is 14.4. The monoisotopic (exact) mass is 269 g/mol. The molecule has 0 bridgehead atoms. The lowest BCUT2D eigenvalue weighted by Gasteiger charge is -2.21. The summed E-state index contributed by atoms with van der Waals surface area (Å²) in [6, 6.07) is 1.14. The molecule has 1 rings (SSSR count). The third-order valence-electron chi connectivity index (χ3n) is 2.56. The van der Waals surface area contributed by atoms with E-state index in [0.717, 1.165) is 6.42 Å². The highest BCUT2D eigenvalue weighted by molar-refractivity contribution is 5.99. The SMILES string of the molecule is CCCN(CCO)C(=O)Nc1cc(C)[nH]c1C(=O)O. The van der Waals surface area contributed by atoms with Gasteiger partial charge in [0.25, 0.3) is 0 Å². The quantitative estimate of drug-likeness (QED) is 0.623. The highest BCUT2D eigenvalue weighted by atomic mass is 16.4. The Balaban J connectivity index is 2.82. The Bertz CT molecular complexity index is 450. The second kappa shape index (κ2) is 6.79. The Morgan fingerprint density at radius 1 is 1.42 bits per heavy atom. The van der Waals surface area contributed by atoms with Gasteiger partial charge in [-0.3, -0.25) is 0 Å². The Morgan fingerprint density at radius 3 is 2.63 bits per heavy atom. The fraction of sp³-hybridized carbons (Fsp3) is 0.500. The first-order chi connectivity index (χ1) is 8.99. The number of carbonyl (C=O) groups excluding carboxylic acids is 1. The molecular weight excluding hydrogens is 250 g/mol. The van der Waals surface area contributed by atoms with Crippen molar-refractivity contribution in [3.63, 3.8) is 0 Å². The van der Waals surface area contributed by atoms with Gasteiger partial charge in [0, 0.05) is 18.8 Å². The van der Waals surface area contributed by atoms with Crippen LogP contribution in [0.2, 0.25) is 0 Å². The van der Waals surface area contributed by atoms with Gasteiger partial charge in [-0.25, -0.2) is 9.59 Å². The van der Waals surface area contributed by atoms with Gasteiger partial charge in [-0.1, -0.05) is 6.92 Å². The smallest absolute Gasteiger partial charge is 0.354 e. The van der Waals surface area contributed by atoms with Crippen molar-refractivity contribution in [1.29, 1.82) is 0 Å². The highest BCUT2D eigenvalue weighted by Gasteiger charge is 2.18. The molecular formula is C12H19N3O4. The number of aryl methyl sites for hydroxylation is 1. The average molecular weight is 269 g/mol. The maximum atomic E-state index is 12.0. The van der Waals surface area contributed by atoms with Gasteiger partial charge in [-0.05, 0) is 19.4 Å². The number of aliphatic hydroxyl groups excluding tert-OH is 1. The molecule has 0 aliphatic carbocycles. The molecule has 0 unspecified atom stereocenters. The molecule has 1 heterocycles. The van der Waals surface area contributed by atoms with E-state index in [9.17, 15) is 9.59 Å². The summed E-state index contributed by atoms with van der Waals surface area (Å²) in [5.74, 6) is -1.13. The summed E-state index contributed by atoms with van der Waals surface area (Å²) in [4.78, 5) is 27.1. The molecule has 1 aromatic rings. The van der Waals surface area contributed by atoms with E-state index < -0.39 is 12.0 Å². The maximum Gasteiger partial charge on any atom is 0.354 e. The number of aromatic carboxylic acids is 1. The van der Waals surface area contributed by atoms with Crippen molar-refractivity contribution < 1.29 is 19.8 Å². The van der Waals surface area contributed by atoms with Gasteiger partial charge in [0.05, 0.1) is 12.3 Å². The summed E-state index contributed by atoms with van der Waals surface area (Å²) in [6.07, 6.45) is 0.755. The molecule has 1 aromatic heterocycles. The minimum Gasteiger partial charge on any atom is -0.477 e. The number of nitrogens with zero attached hydrogens (tertiary/aromatic N) is 1. The number of nitrogens with one attached hydrogen (secondary N) is 2. The van der Waals surface area contributed by atoms with Crippen molar-refractivity contribution >= 4 is 17.7 Å². The summed E-state index contributed by atoms with van der Waals surface area (Å²) >= 11 is 0. The Morgan fingerprint density at radius 2 is 2.11 bits per heavy atom. The number of carboxylic acid groups (broad SMARTS) is 1. The number of carbonyl (C=O) groups is 2. The van der Waals surface area contributed by atoms with E-state index in [-0.39, 0.29) is 24.5 Å². The van der Waals surface area contributed by atoms with Crippen molar-refractivity contribution in [2.75, 3.05) is 25.0 Å². The van der Waals surface area contributed by atoms with Crippen molar-refractivity contribution in [2.45, 2.75) is 20.3 Å². The first-order valence-electron chi connectivity index (χ1n) is 6.09. The summed E-state index contributed by atoms with van der Waals surface area (Å²) in [7, 11) is 0. The van der Waals surface area contributed by atoms with E-state index in [0.29, 0.717) is 12.2 Å². The number of H-pyrrole nitrogens is 1. The van der Waals surface area contributed by atoms with Gasteiger partial charge in [0.2, 0.25) is 0 Å². The molecule has 7 nitrogen and oxygen atoms in total. The molecule has 0 atom stereocenters. The summed E-state index contributed by atoms with van der Waals surface area (Å²) < 4.78 is 0. The fourth-order valence-corrected chi connectivity index (χ4v) is 1.76. The van der Waals surface area contributed by atoms with Crippen LogP contribution >= 0.6 is 0 Å². The second-order valence-electron chi connectivity index (χ2n) is 4.19. The molecule has 0 fully saturated rings. The first-order valence-corrected chi connectivity index (χ1v) is 6.09. The van der Waals surface area contributed by atoms with Crippen molar-refractivity contribution in [2.24, 2.45) is 0 Å². The molecule has 0 aromatic carbocycles. The molecule has 106 valence electrons. The minimum absolute atomic E-state index is 0.0497. The number of aromatic amines is 1. The van der Waals surface area contributed by atoms with Gasteiger partial charge in [-0.15, -0.1) is 0 Å². The summed E-state index contributed by atoms with van der Waals surface area (Å²) in [5.41, 5.74) is 0.831. The first kappa shape index (κ1) is 15.0. The molecule has 2 amide bonds. The number of hydrogen-bond donors (Lipinski definition) is 4. The average Bonchev–Trinajstić information content (AvgIpc) is 2.70. The van der Waals surface area contributed by atoms with E-state index >= 15 is 0 Å². The second-order valence-corrected chi connectivity index (χ2v) is 4.19. The molecule has 0 aliphatic heterocycles. The number of hydrogen-bond acceptors (Lipinski definition) is 3. The predicted octanol–water partition coefficient (Wildman–Crippen LogP) is 1.26. The van der Waals surface area contributed by atoms with Gasteiger partial charge in [-0.2, -0.15) is 0 Å². The number of carboxylic acids is 1. The van der Waals surface area contributed by atoms with Crippen LogP contribution in [-0.2, 0) is 0 Å². The van der Waals surface area contributed by atoms with E-state index in [2.05, 4.69) is 10.3 Å². The van der Waals surface area contributed by atoms with Crippen LogP contribution in [0.4, 0.5) is 10.5 Å². The van der Waals surface area contributed by atoms with Crippen LogP contribution in [0, 0.1) is 6.92 Å². The van der Waals surface area contributed by atoms with Gasteiger partial charge in [0.1, 0.15) is 5.69 Å². The fourth-order valence-electron chi connectivity index (χ4n) is 1.76. The number of rotatable bonds is 6. The molecule has 7 heteroatoms. The summed E-state index contributed by atoms with van der Waals surface area (Å²) in [6.45, 7) is 4.20. The molecule has 19 heavy (non-hydrogen) atoms. The Labute approximate surface area is 111 Å². The topological polar surface area (TPSA) is 106 Å². The zero-order valence-electron chi connectivity index (χ0n) is 11.1. The van der Waals surface area contributed by atoms with Crippen LogP contribution < -0.4 is 5.32 Å². The van der Waals surface area contributed by atoms with Crippen LogP contribution in [0.5, 0.6) is 0 Å². The van der Waals surface area contributed by atoms with E-state index in [4.69, 9.17) is 10.2 Å². The van der Waals surface area contributed by atoms with E-state index in [1.807, 2.05) is 6.92 Å². The third kappa shape index (κ3) is 3.99. The lowest BCUT2D eigenvalue weighted by molar-refractivity contribution is 0.0692. The minimum atomic E-state index is -1.13. The van der Waals surface area contributed by atoms with Crippen LogP contribution in [-0.4, -0.2) is 51.8 Å². The van der Waals surface area contributed by atoms with Gasteiger partial charge >= 0.3 is 12.0 Å². The van der Waals surface area contributed by atoms with Crippen molar-refractivity contribution in [1.82, 2.24) is 9.88 Å². The third-order valence-corrected chi connectivity index (χ3v) is 2.56. The van der Waals surface area contributed by atoms with Gasteiger partial charge < -0.3 is 25.4 Å². The lowest BCUT2D eigenvalue weighted by atomic mass is 10.3. The predicted molar refractivity (Wildman–Crippen MR) is 70.5 cm³/mol. The standard InChI is InChI=1S/C12H19N3O4/c1-3-4-15(5-6-16)12(19)14-9-7-8(2)13-10(9)11(17)18/h7,13,16H,3-6H2,1-2H3,(H,14,19)(H,17,18). The van der Waals surface area contributed by atoms with Crippen LogP contribution in [0.3, 0.4) is 0 Å². The van der Waals surface area contributed by atoms with E-state index in [1.54, 1.807) is 13.0 Å².